The number of esters is 1. The summed E-state index contributed by atoms with van der Waals surface area (Å²) in [6, 6.07) is -0.347. The van der Waals surface area contributed by atoms with Gasteiger partial charge in [-0.05, 0) is 25.3 Å². The van der Waals surface area contributed by atoms with Crippen molar-refractivity contribution in [3.05, 3.63) is 0 Å². The first kappa shape index (κ1) is 16.4. The van der Waals surface area contributed by atoms with Crippen LogP contribution in [0.2, 0.25) is 0 Å². The molecule has 0 spiro atoms. The first-order chi connectivity index (χ1) is 7.90. The predicted molar refractivity (Wildman–Crippen MR) is 69.0 cm³/mol. The molecule has 102 valence electrons. The average Bonchev–Trinajstić information content (AvgIpc) is 2.21. The lowest BCUT2D eigenvalue weighted by Gasteiger charge is -2.20. The Bertz CT molecular complexity index is 211. The van der Waals surface area contributed by atoms with Crippen LogP contribution in [0, 0.1) is 5.41 Å². The quantitative estimate of drug-likeness (QED) is 0.525. The Morgan fingerprint density at radius 3 is 2.41 bits per heavy atom. The molecule has 1 N–H and O–H groups in total. The summed E-state index contributed by atoms with van der Waals surface area (Å²) < 4.78 is 10.5. The van der Waals surface area contributed by atoms with Gasteiger partial charge in [-0.3, -0.25) is 4.79 Å². The lowest BCUT2D eigenvalue weighted by atomic mass is 9.93. The summed E-state index contributed by atoms with van der Waals surface area (Å²) in [5.41, 5.74) is 0.262. The van der Waals surface area contributed by atoms with Gasteiger partial charge in [-0.15, -0.1) is 0 Å². The Morgan fingerprint density at radius 2 is 1.94 bits per heavy atom. The fourth-order valence-corrected chi connectivity index (χ4v) is 1.28. The minimum Gasteiger partial charge on any atom is -0.465 e. The molecule has 1 atom stereocenters. The largest absolute Gasteiger partial charge is 0.465 e. The van der Waals surface area contributed by atoms with Crippen LogP contribution in [0.1, 0.15) is 41.0 Å². The Kier molecular flexibility index (Phi) is 8.17. The molecule has 0 aromatic carbocycles. The molecule has 17 heavy (non-hydrogen) atoms. The Hall–Kier alpha value is -0.610. The standard InChI is InChI=1S/C13H27NO3/c1-6-14-11(12(15)17-7-2)10-16-9-8-13(3,4)5/h11,14H,6-10H2,1-5H3. The lowest BCUT2D eigenvalue weighted by Crippen LogP contribution is -2.41. The molecule has 0 radical (unpaired) electrons. The van der Waals surface area contributed by atoms with Gasteiger partial charge in [0.05, 0.1) is 13.2 Å². The van der Waals surface area contributed by atoms with E-state index in [1.807, 2.05) is 6.92 Å². The topological polar surface area (TPSA) is 47.6 Å². The summed E-state index contributed by atoms with van der Waals surface area (Å²) in [7, 11) is 0. The van der Waals surface area contributed by atoms with Gasteiger partial charge in [-0.2, -0.15) is 0 Å². The van der Waals surface area contributed by atoms with Gasteiger partial charge in [0.1, 0.15) is 6.04 Å². The van der Waals surface area contributed by atoms with Gasteiger partial charge in [-0.25, -0.2) is 0 Å². The molecular weight excluding hydrogens is 218 g/mol. The summed E-state index contributed by atoms with van der Waals surface area (Å²) in [6.07, 6.45) is 0.981. The van der Waals surface area contributed by atoms with Gasteiger partial charge in [0.15, 0.2) is 0 Å². The van der Waals surface area contributed by atoms with Crippen LogP contribution < -0.4 is 5.32 Å². The van der Waals surface area contributed by atoms with Crippen LogP contribution in [0.3, 0.4) is 0 Å². The van der Waals surface area contributed by atoms with E-state index in [1.54, 1.807) is 6.92 Å². The number of likely N-dealkylation sites (N-methyl/N-ethyl adjacent to an activating group) is 1. The number of carbonyl (C=O) groups is 1. The molecule has 0 fully saturated rings. The third kappa shape index (κ3) is 9.12. The Morgan fingerprint density at radius 1 is 1.29 bits per heavy atom. The molecule has 0 saturated heterocycles. The van der Waals surface area contributed by atoms with E-state index in [0.29, 0.717) is 19.8 Å². The first-order valence-electron chi connectivity index (χ1n) is 6.38. The number of hydrogen-bond donors (Lipinski definition) is 1. The molecule has 0 bridgehead atoms. The zero-order valence-electron chi connectivity index (χ0n) is 11.8. The lowest BCUT2D eigenvalue weighted by molar-refractivity contribution is -0.147. The number of hydrogen-bond acceptors (Lipinski definition) is 4. The van der Waals surface area contributed by atoms with E-state index in [9.17, 15) is 4.79 Å². The monoisotopic (exact) mass is 245 g/mol. The number of nitrogens with one attached hydrogen (secondary N) is 1. The van der Waals surface area contributed by atoms with Crippen molar-refractivity contribution >= 4 is 5.97 Å². The van der Waals surface area contributed by atoms with Crippen LogP contribution in [0.25, 0.3) is 0 Å². The molecule has 4 heteroatoms. The summed E-state index contributed by atoms with van der Waals surface area (Å²) in [5.74, 6) is -0.231. The molecule has 0 aliphatic rings. The van der Waals surface area contributed by atoms with E-state index >= 15 is 0 Å². The molecule has 0 aliphatic heterocycles. The highest BCUT2D eigenvalue weighted by Crippen LogP contribution is 2.17. The number of rotatable bonds is 8. The van der Waals surface area contributed by atoms with Crippen LogP contribution in [0.5, 0.6) is 0 Å². The van der Waals surface area contributed by atoms with Crippen LogP contribution >= 0.6 is 0 Å². The normalized spacial score (nSPS) is 13.5. The molecule has 0 aromatic heterocycles. The minimum atomic E-state index is -0.347. The second kappa shape index (κ2) is 8.48. The van der Waals surface area contributed by atoms with Crippen molar-refractivity contribution in [1.29, 1.82) is 0 Å². The fourth-order valence-electron chi connectivity index (χ4n) is 1.28. The van der Waals surface area contributed by atoms with Crippen molar-refractivity contribution in [3.63, 3.8) is 0 Å². The zero-order chi connectivity index (χ0) is 13.3. The van der Waals surface area contributed by atoms with Crippen molar-refractivity contribution < 1.29 is 14.3 Å². The smallest absolute Gasteiger partial charge is 0.325 e. The van der Waals surface area contributed by atoms with Crippen molar-refractivity contribution in [2.24, 2.45) is 5.41 Å². The third-order valence-electron chi connectivity index (χ3n) is 2.30. The van der Waals surface area contributed by atoms with Crippen LogP contribution in [-0.2, 0) is 14.3 Å². The van der Waals surface area contributed by atoms with Gasteiger partial charge in [0.2, 0.25) is 0 Å². The molecule has 4 nitrogen and oxygen atoms in total. The van der Waals surface area contributed by atoms with E-state index in [-0.39, 0.29) is 17.4 Å². The summed E-state index contributed by atoms with van der Waals surface area (Å²) in [5, 5.41) is 3.07. The molecule has 0 aromatic rings. The second-order valence-electron chi connectivity index (χ2n) is 5.25. The van der Waals surface area contributed by atoms with E-state index < -0.39 is 0 Å². The number of carbonyl (C=O) groups excluding carboxylic acids is 1. The average molecular weight is 245 g/mol. The van der Waals surface area contributed by atoms with Gasteiger partial charge in [0.25, 0.3) is 0 Å². The van der Waals surface area contributed by atoms with Crippen molar-refractivity contribution in [1.82, 2.24) is 5.32 Å². The summed E-state index contributed by atoms with van der Waals surface area (Å²) in [4.78, 5) is 11.6. The van der Waals surface area contributed by atoms with Crippen LogP contribution in [0.4, 0.5) is 0 Å². The van der Waals surface area contributed by atoms with Gasteiger partial charge >= 0.3 is 5.97 Å². The second-order valence-corrected chi connectivity index (χ2v) is 5.25. The van der Waals surface area contributed by atoms with Crippen LogP contribution in [-0.4, -0.2) is 38.4 Å². The highest BCUT2D eigenvalue weighted by Gasteiger charge is 2.19. The molecular formula is C13H27NO3. The maximum Gasteiger partial charge on any atom is 0.325 e. The highest BCUT2D eigenvalue weighted by atomic mass is 16.5. The van der Waals surface area contributed by atoms with E-state index in [0.717, 1.165) is 13.0 Å². The van der Waals surface area contributed by atoms with E-state index in [1.165, 1.54) is 0 Å². The molecule has 0 heterocycles. The predicted octanol–water partition coefficient (Wildman–Crippen LogP) is 1.98. The molecule has 0 rings (SSSR count). The first-order valence-corrected chi connectivity index (χ1v) is 6.38. The SMILES string of the molecule is CCNC(COCCC(C)(C)C)C(=O)OCC. The maximum absolute atomic E-state index is 11.6. The molecule has 0 aliphatic carbocycles. The van der Waals surface area contributed by atoms with Crippen molar-refractivity contribution in [2.75, 3.05) is 26.4 Å². The third-order valence-corrected chi connectivity index (χ3v) is 2.30. The number of ether oxygens (including phenoxy) is 2. The zero-order valence-corrected chi connectivity index (χ0v) is 11.8. The van der Waals surface area contributed by atoms with Crippen LogP contribution in [0.15, 0.2) is 0 Å². The minimum absolute atomic E-state index is 0.231. The summed E-state index contributed by atoms with van der Waals surface area (Å²) >= 11 is 0. The van der Waals surface area contributed by atoms with Crippen molar-refractivity contribution in [3.8, 4) is 0 Å². The van der Waals surface area contributed by atoms with Gasteiger partial charge in [-0.1, -0.05) is 27.7 Å². The fraction of sp³-hybridized carbons (Fsp3) is 0.923. The molecule has 0 saturated carbocycles. The van der Waals surface area contributed by atoms with E-state index in [2.05, 4.69) is 26.1 Å². The summed E-state index contributed by atoms with van der Waals surface area (Å²) in [6.45, 7) is 12.5. The molecule has 1 unspecified atom stereocenters. The highest BCUT2D eigenvalue weighted by molar-refractivity contribution is 5.75. The Balaban J connectivity index is 3.89. The van der Waals surface area contributed by atoms with Gasteiger partial charge in [0, 0.05) is 6.61 Å². The Labute approximate surface area is 105 Å². The maximum atomic E-state index is 11.6. The van der Waals surface area contributed by atoms with Gasteiger partial charge < -0.3 is 14.8 Å². The van der Waals surface area contributed by atoms with E-state index in [4.69, 9.17) is 9.47 Å². The van der Waals surface area contributed by atoms with Crippen molar-refractivity contribution in [2.45, 2.75) is 47.1 Å². The molecule has 0 amide bonds.